The van der Waals surface area contributed by atoms with E-state index in [2.05, 4.69) is 37.6 Å². The highest BCUT2D eigenvalue weighted by atomic mass is 32.2. The van der Waals surface area contributed by atoms with Crippen molar-refractivity contribution in [2.75, 3.05) is 5.75 Å². The quantitative estimate of drug-likeness (QED) is 0.119. The summed E-state index contributed by atoms with van der Waals surface area (Å²) in [5.74, 6) is 0.369. The average molecular weight is 484 g/mol. The fourth-order valence-electron chi connectivity index (χ4n) is 2.86. The first-order chi connectivity index (χ1) is 16.0. The van der Waals surface area contributed by atoms with Crippen LogP contribution in [-0.4, -0.2) is 52.6 Å². The van der Waals surface area contributed by atoms with Gasteiger partial charge in [-0.15, -0.1) is 21.9 Å². The van der Waals surface area contributed by atoms with Crippen LogP contribution < -0.4 is 5.43 Å². The third-order valence-corrected chi connectivity index (χ3v) is 6.26. The van der Waals surface area contributed by atoms with E-state index >= 15 is 0 Å². The number of allylic oxidation sites excluding steroid dienone is 1. The van der Waals surface area contributed by atoms with E-state index in [4.69, 9.17) is 0 Å². The standard InChI is InChI=1S/C19H17N9O3S2/c1-2-9-26-16(11-27-15-6-4-3-5-14(15)21-25-27)22-24-19(26)32-12-17(29)23-20-10-13-7-8-18(33-13)28(30)31/h2-8,10H,1,9,11-12H2,(H,23,29). The Balaban J connectivity index is 1.38. The van der Waals surface area contributed by atoms with E-state index in [1.54, 1.807) is 16.8 Å². The van der Waals surface area contributed by atoms with Crippen LogP contribution >= 0.6 is 23.1 Å². The lowest BCUT2D eigenvalue weighted by Gasteiger charge is -2.07. The fraction of sp³-hybridized carbons (Fsp3) is 0.158. The van der Waals surface area contributed by atoms with Gasteiger partial charge in [-0.3, -0.25) is 14.9 Å². The third kappa shape index (κ3) is 5.30. The highest BCUT2D eigenvalue weighted by Crippen LogP contribution is 2.22. The van der Waals surface area contributed by atoms with Crippen LogP contribution in [0.2, 0.25) is 0 Å². The number of thiophene rings is 1. The number of amides is 1. The highest BCUT2D eigenvalue weighted by Gasteiger charge is 2.15. The lowest BCUT2D eigenvalue weighted by molar-refractivity contribution is -0.380. The van der Waals surface area contributed by atoms with Crippen molar-refractivity contribution in [3.8, 4) is 0 Å². The van der Waals surface area contributed by atoms with Gasteiger partial charge in [-0.1, -0.05) is 46.5 Å². The maximum atomic E-state index is 12.1. The molecule has 3 heterocycles. The number of hydrogen-bond donors (Lipinski definition) is 1. The van der Waals surface area contributed by atoms with Gasteiger partial charge in [0.15, 0.2) is 11.0 Å². The van der Waals surface area contributed by atoms with Gasteiger partial charge < -0.3 is 4.57 Å². The number of fused-ring (bicyclic) bond motifs is 1. The Bertz CT molecular complexity index is 1340. The van der Waals surface area contributed by atoms with E-state index in [0.717, 1.165) is 22.4 Å². The van der Waals surface area contributed by atoms with Gasteiger partial charge >= 0.3 is 5.00 Å². The maximum Gasteiger partial charge on any atom is 0.324 e. The number of carbonyl (C=O) groups is 1. The maximum absolute atomic E-state index is 12.1. The van der Waals surface area contributed by atoms with Gasteiger partial charge in [0.2, 0.25) is 0 Å². The molecule has 0 aliphatic rings. The second kappa shape index (κ2) is 10.1. The van der Waals surface area contributed by atoms with Crippen molar-refractivity contribution in [3.63, 3.8) is 0 Å². The Hall–Kier alpha value is -3.91. The van der Waals surface area contributed by atoms with Gasteiger partial charge in [0, 0.05) is 12.6 Å². The van der Waals surface area contributed by atoms with Crippen LogP contribution in [0.15, 0.2) is 59.3 Å². The van der Waals surface area contributed by atoms with Crippen LogP contribution in [0.4, 0.5) is 5.00 Å². The summed E-state index contributed by atoms with van der Waals surface area (Å²) in [5, 5.41) is 31.9. The fourth-order valence-corrected chi connectivity index (χ4v) is 4.32. The Morgan fingerprint density at radius 2 is 2.12 bits per heavy atom. The van der Waals surface area contributed by atoms with Gasteiger partial charge in [0.1, 0.15) is 12.1 Å². The van der Waals surface area contributed by atoms with E-state index in [1.165, 1.54) is 24.0 Å². The van der Waals surface area contributed by atoms with Crippen LogP contribution in [-0.2, 0) is 17.9 Å². The second-order valence-corrected chi connectivity index (χ2v) is 8.59. The lowest BCUT2D eigenvalue weighted by atomic mass is 10.3. The van der Waals surface area contributed by atoms with Crippen molar-refractivity contribution in [3.05, 3.63) is 69.9 Å². The zero-order valence-electron chi connectivity index (χ0n) is 17.1. The second-order valence-electron chi connectivity index (χ2n) is 6.55. The molecule has 4 aromatic rings. The topological polar surface area (TPSA) is 146 Å². The van der Waals surface area contributed by atoms with Crippen molar-refractivity contribution in [1.29, 1.82) is 0 Å². The monoisotopic (exact) mass is 483 g/mol. The SMILES string of the molecule is C=CCn1c(Cn2nnc3ccccc32)nnc1SCC(=O)NN=Cc1ccc([N+](=O)[O-])s1. The largest absolute Gasteiger partial charge is 0.324 e. The number of nitrogens with zero attached hydrogens (tertiary/aromatic N) is 8. The van der Waals surface area contributed by atoms with Gasteiger partial charge in [-0.05, 0) is 18.2 Å². The Morgan fingerprint density at radius 1 is 1.27 bits per heavy atom. The number of nitro groups is 1. The summed E-state index contributed by atoms with van der Waals surface area (Å²) in [6.45, 7) is 4.61. The minimum atomic E-state index is -0.476. The molecule has 0 radical (unpaired) electrons. The smallest absolute Gasteiger partial charge is 0.301 e. The molecule has 4 rings (SSSR count). The van der Waals surface area contributed by atoms with Crippen molar-refractivity contribution >= 4 is 51.3 Å². The first-order valence-electron chi connectivity index (χ1n) is 9.55. The van der Waals surface area contributed by atoms with Crippen LogP contribution in [0, 0.1) is 10.1 Å². The Kier molecular flexibility index (Phi) is 6.85. The molecule has 3 aromatic heterocycles. The Morgan fingerprint density at radius 3 is 2.91 bits per heavy atom. The number of benzene rings is 1. The summed E-state index contributed by atoms with van der Waals surface area (Å²) < 4.78 is 3.60. The summed E-state index contributed by atoms with van der Waals surface area (Å²) >= 11 is 2.18. The molecule has 0 aliphatic carbocycles. The number of aromatic nitrogens is 6. The lowest BCUT2D eigenvalue weighted by Crippen LogP contribution is -2.20. The number of hydrazone groups is 1. The molecule has 14 heteroatoms. The molecule has 0 saturated carbocycles. The molecular weight excluding hydrogens is 466 g/mol. The summed E-state index contributed by atoms with van der Waals surface area (Å²) in [4.78, 5) is 22.9. The van der Waals surface area contributed by atoms with Gasteiger partial charge in [0.05, 0.1) is 27.3 Å². The number of para-hydroxylation sites is 1. The van der Waals surface area contributed by atoms with Crippen molar-refractivity contribution < 1.29 is 9.72 Å². The highest BCUT2D eigenvalue weighted by molar-refractivity contribution is 7.99. The number of rotatable bonds is 10. The molecule has 0 fully saturated rings. The average Bonchev–Trinajstić information content (AvgIpc) is 3.53. The predicted octanol–water partition coefficient (Wildman–Crippen LogP) is 2.47. The zero-order chi connectivity index (χ0) is 23.2. The minimum Gasteiger partial charge on any atom is -0.301 e. The molecule has 12 nitrogen and oxygen atoms in total. The summed E-state index contributed by atoms with van der Waals surface area (Å²) in [5.41, 5.74) is 4.07. The molecule has 0 saturated heterocycles. The van der Waals surface area contributed by atoms with Crippen LogP contribution in [0.3, 0.4) is 0 Å². The number of hydrogen-bond acceptors (Lipinski definition) is 10. The zero-order valence-corrected chi connectivity index (χ0v) is 18.7. The van der Waals surface area contributed by atoms with E-state index in [-0.39, 0.29) is 16.7 Å². The van der Waals surface area contributed by atoms with Crippen LogP contribution in [0.1, 0.15) is 10.7 Å². The molecule has 0 bridgehead atoms. The number of nitrogens with one attached hydrogen (secondary N) is 1. The molecule has 0 atom stereocenters. The van der Waals surface area contributed by atoms with E-state index in [1.807, 2.05) is 28.8 Å². The van der Waals surface area contributed by atoms with Crippen molar-refractivity contribution in [2.24, 2.45) is 5.10 Å². The van der Waals surface area contributed by atoms with Crippen molar-refractivity contribution in [1.82, 2.24) is 35.2 Å². The number of carbonyl (C=O) groups excluding carboxylic acids is 1. The number of thioether (sulfide) groups is 1. The van der Waals surface area contributed by atoms with Crippen LogP contribution in [0.25, 0.3) is 11.0 Å². The molecule has 0 aliphatic heterocycles. The summed E-state index contributed by atoms with van der Waals surface area (Å²) in [6.07, 6.45) is 3.09. The molecule has 1 N–H and O–H groups in total. The first kappa shape index (κ1) is 22.3. The van der Waals surface area contributed by atoms with Gasteiger partial charge in [-0.25, -0.2) is 10.1 Å². The molecule has 168 valence electrons. The van der Waals surface area contributed by atoms with Crippen molar-refractivity contribution in [2.45, 2.75) is 18.2 Å². The normalized spacial score (nSPS) is 11.3. The van der Waals surface area contributed by atoms with Gasteiger partial charge in [-0.2, -0.15) is 5.10 Å². The predicted molar refractivity (Wildman–Crippen MR) is 124 cm³/mol. The Labute approximate surface area is 195 Å². The molecule has 0 unspecified atom stereocenters. The minimum absolute atomic E-state index is 0.00887. The first-order valence-corrected chi connectivity index (χ1v) is 11.4. The van der Waals surface area contributed by atoms with Crippen LogP contribution in [0.5, 0.6) is 0 Å². The third-order valence-electron chi connectivity index (χ3n) is 4.32. The molecule has 1 amide bonds. The van der Waals surface area contributed by atoms with E-state index in [0.29, 0.717) is 28.9 Å². The molecular formula is C19H17N9O3S2. The van der Waals surface area contributed by atoms with Gasteiger partial charge in [0.25, 0.3) is 5.91 Å². The summed E-state index contributed by atoms with van der Waals surface area (Å²) in [6, 6.07) is 10.6. The van der Waals surface area contributed by atoms with E-state index in [9.17, 15) is 14.9 Å². The molecule has 1 aromatic carbocycles. The van der Waals surface area contributed by atoms with E-state index < -0.39 is 4.92 Å². The molecule has 0 spiro atoms. The molecule has 33 heavy (non-hydrogen) atoms. The summed E-state index contributed by atoms with van der Waals surface area (Å²) in [7, 11) is 0.